The molecule has 0 unspecified atom stereocenters. The van der Waals surface area contributed by atoms with Crippen molar-refractivity contribution in [3.63, 3.8) is 0 Å². The predicted molar refractivity (Wildman–Crippen MR) is 58.9 cm³/mol. The van der Waals surface area contributed by atoms with Crippen LogP contribution >= 0.6 is 0 Å². The Bertz CT molecular complexity index is 640. The first-order valence-electron chi connectivity index (χ1n) is 4.98. The molecule has 0 atom stereocenters. The van der Waals surface area contributed by atoms with E-state index in [2.05, 4.69) is 0 Å². The SMILES string of the molecule is Cc1cn(C)c(=O)c2c(C(F)(F)F)cccc12. The molecule has 0 aliphatic carbocycles. The van der Waals surface area contributed by atoms with Gasteiger partial charge in [-0.15, -0.1) is 0 Å². The van der Waals surface area contributed by atoms with Gasteiger partial charge in [0.25, 0.3) is 5.56 Å². The lowest BCUT2D eigenvalue weighted by Gasteiger charge is -2.12. The molecule has 0 N–H and O–H groups in total. The van der Waals surface area contributed by atoms with E-state index >= 15 is 0 Å². The number of rotatable bonds is 0. The molecule has 2 rings (SSSR count). The van der Waals surface area contributed by atoms with Crippen LogP contribution < -0.4 is 5.56 Å². The average molecular weight is 241 g/mol. The van der Waals surface area contributed by atoms with E-state index in [0.29, 0.717) is 10.9 Å². The second-order valence-corrected chi connectivity index (χ2v) is 3.95. The summed E-state index contributed by atoms with van der Waals surface area (Å²) in [4.78, 5) is 11.8. The van der Waals surface area contributed by atoms with E-state index in [1.807, 2.05) is 0 Å². The minimum absolute atomic E-state index is 0.262. The summed E-state index contributed by atoms with van der Waals surface area (Å²) in [6.07, 6.45) is -2.98. The van der Waals surface area contributed by atoms with Crippen LogP contribution in [0.2, 0.25) is 0 Å². The van der Waals surface area contributed by atoms with E-state index < -0.39 is 17.3 Å². The number of hydrogen-bond acceptors (Lipinski definition) is 1. The van der Waals surface area contributed by atoms with Crippen molar-refractivity contribution in [1.82, 2.24) is 4.57 Å². The normalized spacial score (nSPS) is 12.1. The number of alkyl halides is 3. The second-order valence-electron chi connectivity index (χ2n) is 3.95. The lowest BCUT2D eigenvalue weighted by atomic mass is 10.0. The van der Waals surface area contributed by atoms with Gasteiger partial charge in [0, 0.05) is 13.2 Å². The van der Waals surface area contributed by atoms with E-state index in [1.54, 1.807) is 6.92 Å². The van der Waals surface area contributed by atoms with Crippen molar-refractivity contribution < 1.29 is 13.2 Å². The highest BCUT2D eigenvalue weighted by atomic mass is 19.4. The molecule has 0 amide bonds. The quantitative estimate of drug-likeness (QED) is 0.695. The summed E-state index contributed by atoms with van der Waals surface area (Å²) in [7, 11) is 1.45. The van der Waals surface area contributed by atoms with Crippen LogP contribution in [0.4, 0.5) is 13.2 Å². The third-order valence-corrected chi connectivity index (χ3v) is 2.72. The molecular weight excluding hydrogens is 231 g/mol. The number of fused-ring (bicyclic) bond motifs is 1. The fraction of sp³-hybridized carbons (Fsp3) is 0.250. The van der Waals surface area contributed by atoms with Gasteiger partial charge in [-0.1, -0.05) is 12.1 Å². The third-order valence-electron chi connectivity index (χ3n) is 2.72. The third kappa shape index (κ3) is 1.81. The zero-order chi connectivity index (χ0) is 12.8. The smallest absolute Gasteiger partial charge is 0.318 e. The van der Waals surface area contributed by atoms with Crippen LogP contribution in [0.1, 0.15) is 11.1 Å². The Hall–Kier alpha value is -1.78. The van der Waals surface area contributed by atoms with Crippen LogP contribution in [-0.2, 0) is 13.2 Å². The van der Waals surface area contributed by atoms with Gasteiger partial charge in [0.15, 0.2) is 0 Å². The fourth-order valence-corrected chi connectivity index (χ4v) is 1.94. The Morgan fingerprint density at radius 1 is 1.24 bits per heavy atom. The second kappa shape index (κ2) is 3.61. The Kier molecular flexibility index (Phi) is 2.49. The Morgan fingerprint density at radius 3 is 2.47 bits per heavy atom. The van der Waals surface area contributed by atoms with Crippen LogP contribution in [0.15, 0.2) is 29.2 Å². The zero-order valence-electron chi connectivity index (χ0n) is 9.30. The van der Waals surface area contributed by atoms with Crippen molar-refractivity contribution in [2.24, 2.45) is 7.05 Å². The molecule has 2 aromatic rings. The van der Waals surface area contributed by atoms with Crippen molar-refractivity contribution in [1.29, 1.82) is 0 Å². The van der Waals surface area contributed by atoms with Crippen molar-refractivity contribution >= 4 is 10.8 Å². The first kappa shape index (κ1) is 11.7. The Labute approximate surface area is 95.3 Å². The summed E-state index contributed by atoms with van der Waals surface area (Å²) >= 11 is 0. The molecule has 5 heteroatoms. The summed E-state index contributed by atoms with van der Waals surface area (Å²) in [6, 6.07) is 3.78. The lowest BCUT2D eigenvalue weighted by molar-refractivity contribution is -0.136. The van der Waals surface area contributed by atoms with Crippen molar-refractivity contribution in [2.75, 3.05) is 0 Å². The van der Waals surface area contributed by atoms with E-state index in [9.17, 15) is 18.0 Å². The lowest BCUT2D eigenvalue weighted by Crippen LogP contribution is -2.20. The van der Waals surface area contributed by atoms with Gasteiger partial charge in [-0.25, -0.2) is 0 Å². The van der Waals surface area contributed by atoms with Crippen LogP contribution in [0, 0.1) is 6.92 Å². The maximum absolute atomic E-state index is 12.8. The summed E-state index contributed by atoms with van der Waals surface area (Å²) < 4.78 is 39.6. The maximum Gasteiger partial charge on any atom is 0.417 e. The van der Waals surface area contributed by atoms with E-state index in [-0.39, 0.29) is 5.39 Å². The number of aryl methyl sites for hydroxylation is 2. The molecule has 0 spiro atoms. The van der Waals surface area contributed by atoms with Gasteiger partial charge in [-0.05, 0) is 23.9 Å². The van der Waals surface area contributed by atoms with Crippen LogP contribution in [0.3, 0.4) is 0 Å². The number of nitrogens with zero attached hydrogens (tertiary/aromatic N) is 1. The number of pyridine rings is 1. The minimum atomic E-state index is -4.51. The molecule has 0 saturated carbocycles. The van der Waals surface area contributed by atoms with Gasteiger partial charge >= 0.3 is 6.18 Å². The first-order valence-corrected chi connectivity index (χ1v) is 4.98. The van der Waals surface area contributed by atoms with Crippen molar-refractivity contribution in [2.45, 2.75) is 13.1 Å². The molecule has 0 fully saturated rings. The topological polar surface area (TPSA) is 22.0 Å². The maximum atomic E-state index is 12.8. The van der Waals surface area contributed by atoms with Crippen molar-refractivity contribution in [3.05, 3.63) is 45.9 Å². The van der Waals surface area contributed by atoms with Gasteiger partial charge in [0.1, 0.15) is 0 Å². The highest BCUT2D eigenvalue weighted by Gasteiger charge is 2.33. The zero-order valence-corrected chi connectivity index (χ0v) is 9.30. The van der Waals surface area contributed by atoms with E-state index in [4.69, 9.17) is 0 Å². The fourth-order valence-electron chi connectivity index (χ4n) is 1.94. The Balaban J connectivity index is 3.03. The summed E-state index contributed by atoms with van der Waals surface area (Å²) in [5, 5.41) is 0.0884. The van der Waals surface area contributed by atoms with Gasteiger partial charge in [0.2, 0.25) is 0 Å². The number of aromatic nitrogens is 1. The number of hydrogen-bond donors (Lipinski definition) is 0. The largest absolute Gasteiger partial charge is 0.417 e. The highest BCUT2D eigenvalue weighted by Crippen LogP contribution is 2.33. The summed E-state index contributed by atoms with van der Waals surface area (Å²) in [6.45, 7) is 1.68. The minimum Gasteiger partial charge on any atom is -0.318 e. The highest BCUT2D eigenvalue weighted by molar-refractivity contribution is 5.87. The summed E-state index contributed by atoms with van der Waals surface area (Å²) in [5.74, 6) is 0. The van der Waals surface area contributed by atoms with E-state index in [0.717, 1.165) is 6.07 Å². The average Bonchev–Trinajstić information content (AvgIpc) is 2.24. The molecule has 0 aliphatic heterocycles. The first-order chi connectivity index (χ1) is 7.82. The molecular formula is C12H10F3NO. The molecule has 1 aromatic heterocycles. The molecule has 0 saturated heterocycles. The Morgan fingerprint density at radius 2 is 1.88 bits per heavy atom. The van der Waals surface area contributed by atoms with Crippen LogP contribution in [-0.4, -0.2) is 4.57 Å². The molecule has 1 aromatic carbocycles. The van der Waals surface area contributed by atoms with Crippen LogP contribution in [0.25, 0.3) is 10.8 Å². The molecule has 90 valence electrons. The van der Waals surface area contributed by atoms with Gasteiger partial charge in [-0.3, -0.25) is 4.79 Å². The number of benzene rings is 1. The molecule has 2 nitrogen and oxygen atoms in total. The molecule has 0 radical (unpaired) electrons. The standard InChI is InChI=1S/C12H10F3NO/c1-7-6-16(2)11(17)10-8(7)4-3-5-9(10)12(13,14)15/h3-6H,1-2H3. The molecule has 0 bridgehead atoms. The summed E-state index contributed by atoms with van der Waals surface area (Å²) in [5.41, 5.74) is -0.856. The van der Waals surface area contributed by atoms with Crippen LogP contribution in [0.5, 0.6) is 0 Å². The molecule has 17 heavy (non-hydrogen) atoms. The predicted octanol–water partition coefficient (Wildman–Crippen LogP) is 2.87. The monoisotopic (exact) mass is 241 g/mol. The van der Waals surface area contributed by atoms with Crippen molar-refractivity contribution in [3.8, 4) is 0 Å². The van der Waals surface area contributed by atoms with Gasteiger partial charge < -0.3 is 4.57 Å². The molecule has 0 aliphatic rings. The van der Waals surface area contributed by atoms with Gasteiger partial charge in [0.05, 0.1) is 10.9 Å². The molecule has 1 heterocycles. The number of halogens is 3. The van der Waals surface area contributed by atoms with E-state index in [1.165, 1.54) is 29.9 Å². The van der Waals surface area contributed by atoms with Gasteiger partial charge in [-0.2, -0.15) is 13.2 Å².